The zero-order chi connectivity index (χ0) is 17.8. The van der Waals surface area contributed by atoms with E-state index in [-0.39, 0.29) is 22.7 Å². The average molecular weight is 342 g/mol. The molecule has 0 aliphatic heterocycles. The molecule has 3 heteroatoms. The van der Waals surface area contributed by atoms with Gasteiger partial charge in [-0.2, -0.15) is 0 Å². The molecule has 136 valence electrons. The number of rotatable bonds is 3. The number of allylic oxidation sites excluding steroid dienone is 3. The van der Waals surface area contributed by atoms with Gasteiger partial charge in [0.2, 0.25) is 0 Å². The number of ether oxygens (including phenoxy) is 1. The van der Waals surface area contributed by atoms with Crippen LogP contribution in [0.1, 0.15) is 59.3 Å². The second-order valence-electron chi connectivity index (χ2n) is 9.01. The SMILES string of the molecule is CCCO[C@H]1C[C@@H]2[C@H](CC[C@]3(C)C(=O)CC[C@@H]23)[C@@]2(C)C=CC(=O)C=C12. The number of hydrogen-bond acceptors (Lipinski definition) is 3. The van der Waals surface area contributed by atoms with Crippen molar-refractivity contribution in [2.24, 2.45) is 28.6 Å². The van der Waals surface area contributed by atoms with Crippen molar-refractivity contribution < 1.29 is 14.3 Å². The fourth-order valence-corrected chi connectivity index (χ4v) is 6.41. The third-order valence-corrected chi connectivity index (χ3v) is 7.79. The highest BCUT2D eigenvalue weighted by atomic mass is 16.5. The van der Waals surface area contributed by atoms with Gasteiger partial charge in [-0.1, -0.05) is 26.8 Å². The molecule has 0 aromatic heterocycles. The lowest BCUT2D eigenvalue weighted by Gasteiger charge is -2.57. The van der Waals surface area contributed by atoms with E-state index in [2.05, 4.69) is 26.8 Å². The molecule has 0 spiro atoms. The Kier molecular flexibility index (Phi) is 4.06. The number of Topliss-reactive ketones (excluding diaryl/α,β-unsaturated/α-hetero) is 1. The highest BCUT2D eigenvalue weighted by Gasteiger charge is 2.60. The van der Waals surface area contributed by atoms with E-state index in [9.17, 15) is 9.59 Å². The van der Waals surface area contributed by atoms with Crippen molar-refractivity contribution in [3.8, 4) is 0 Å². The van der Waals surface area contributed by atoms with Crippen molar-refractivity contribution in [1.82, 2.24) is 0 Å². The third kappa shape index (κ3) is 2.42. The number of ketones is 2. The summed E-state index contributed by atoms with van der Waals surface area (Å²) in [6.45, 7) is 7.35. The van der Waals surface area contributed by atoms with Gasteiger partial charge in [0.25, 0.3) is 0 Å². The van der Waals surface area contributed by atoms with Crippen molar-refractivity contribution >= 4 is 11.6 Å². The van der Waals surface area contributed by atoms with Crippen molar-refractivity contribution in [3.63, 3.8) is 0 Å². The lowest BCUT2D eigenvalue weighted by atomic mass is 9.48. The summed E-state index contributed by atoms with van der Waals surface area (Å²) in [5.74, 6) is 2.09. The Morgan fingerprint density at radius 3 is 2.76 bits per heavy atom. The second-order valence-corrected chi connectivity index (χ2v) is 9.01. The van der Waals surface area contributed by atoms with E-state index in [0.717, 1.165) is 45.1 Å². The van der Waals surface area contributed by atoms with Gasteiger partial charge in [-0.25, -0.2) is 0 Å². The first kappa shape index (κ1) is 17.2. The number of hydrogen-bond donors (Lipinski definition) is 0. The second kappa shape index (κ2) is 5.90. The molecule has 3 saturated carbocycles. The minimum atomic E-state index is -0.123. The molecule has 25 heavy (non-hydrogen) atoms. The van der Waals surface area contributed by atoms with Crippen molar-refractivity contribution in [2.45, 2.75) is 65.4 Å². The van der Waals surface area contributed by atoms with Crippen LogP contribution in [0.15, 0.2) is 23.8 Å². The molecule has 4 aliphatic carbocycles. The summed E-state index contributed by atoms with van der Waals surface area (Å²) in [5.41, 5.74) is 0.965. The van der Waals surface area contributed by atoms with Crippen LogP contribution in [-0.2, 0) is 14.3 Å². The first-order chi connectivity index (χ1) is 11.9. The maximum Gasteiger partial charge on any atom is 0.178 e. The molecule has 0 saturated heterocycles. The van der Waals surface area contributed by atoms with Gasteiger partial charge in [-0.15, -0.1) is 0 Å². The summed E-state index contributed by atoms with van der Waals surface area (Å²) in [7, 11) is 0. The van der Waals surface area contributed by atoms with E-state index in [1.807, 2.05) is 6.08 Å². The molecule has 0 bridgehead atoms. The number of carbonyl (C=O) groups is 2. The maximum atomic E-state index is 12.6. The van der Waals surface area contributed by atoms with Gasteiger partial charge in [0.05, 0.1) is 6.10 Å². The van der Waals surface area contributed by atoms with E-state index < -0.39 is 0 Å². The Balaban J connectivity index is 1.73. The Bertz CT molecular complexity index is 660. The van der Waals surface area contributed by atoms with Crippen LogP contribution in [0.3, 0.4) is 0 Å². The largest absolute Gasteiger partial charge is 0.374 e. The minimum Gasteiger partial charge on any atom is -0.374 e. The summed E-state index contributed by atoms with van der Waals surface area (Å²) < 4.78 is 6.23. The van der Waals surface area contributed by atoms with Crippen molar-refractivity contribution in [3.05, 3.63) is 23.8 Å². The number of carbonyl (C=O) groups excluding carboxylic acids is 2. The van der Waals surface area contributed by atoms with Gasteiger partial charge in [0.15, 0.2) is 5.78 Å². The Morgan fingerprint density at radius 2 is 2.00 bits per heavy atom. The lowest BCUT2D eigenvalue weighted by molar-refractivity contribution is -0.133. The summed E-state index contributed by atoms with van der Waals surface area (Å²) in [4.78, 5) is 24.6. The topological polar surface area (TPSA) is 43.4 Å². The van der Waals surface area contributed by atoms with Crippen LogP contribution in [0.5, 0.6) is 0 Å². The molecular formula is C22H30O3. The zero-order valence-electron chi connectivity index (χ0n) is 15.7. The first-order valence-corrected chi connectivity index (χ1v) is 10.0. The molecule has 0 N–H and O–H groups in total. The van der Waals surface area contributed by atoms with Crippen molar-refractivity contribution in [1.29, 1.82) is 0 Å². The quantitative estimate of drug-likeness (QED) is 0.769. The van der Waals surface area contributed by atoms with Crippen LogP contribution >= 0.6 is 0 Å². The minimum absolute atomic E-state index is 0.0261. The normalized spacial score (nSPS) is 45.6. The summed E-state index contributed by atoms with van der Waals surface area (Å²) >= 11 is 0. The molecule has 0 aromatic carbocycles. The molecule has 4 rings (SSSR count). The molecule has 0 heterocycles. The molecule has 4 aliphatic rings. The van der Waals surface area contributed by atoms with Crippen LogP contribution in [0.4, 0.5) is 0 Å². The van der Waals surface area contributed by atoms with Crippen LogP contribution in [0.2, 0.25) is 0 Å². The lowest BCUT2D eigenvalue weighted by Crippen LogP contribution is -2.53. The van der Waals surface area contributed by atoms with E-state index in [1.165, 1.54) is 5.57 Å². The van der Waals surface area contributed by atoms with Crippen LogP contribution in [0, 0.1) is 28.6 Å². The molecule has 3 fully saturated rings. The molecule has 6 atom stereocenters. The first-order valence-electron chi connectivity index (χ1n) is 10.0. The highest BCUT2D eigenvalue weighted by Crippen LogP contribution is 2.63. The fourth-order valence-electron chi connectivity index (χ4n) is 6.41. The van der Waals surface area contributed by atoms with Crippen LogP contribution < -0.4 is 0 Å². The molecular weight excluding hydrogens is 312 g/mol. The van der Waals surface area contributed by atoms with Gasteiger partial charge in [-0.05, 0) is 67.6 Å². The molecule has 3 nitrogen and oxygen atoms in total. The van der Waals surface area contributed by atoms with E-state index in [4.69, 9.17) is 4.74 Å². The summed E-state index contributed by atoms with van der Waals surface area (Å²) in [6, 6.07) is 0. The number of fused-ring (bicyclic) bond motifs is 5. The van der Waals surface area contributed by atoms with E-state index >= 15 is 0 Å². The smallest absolute Gasteiger partial charge is 0.178 e. The molecule has 0 radical (unpaired) electrons. The summed E-state index contributed by atoms with van der Waals surface area (Å²) in [5, 5.41) is 0. The van der Waals surface area contributed by atoms with Gasteiger partial charge >= 0.3 is 0 Å². The Labute approximate surface area is 150 Å². The Hall–Kier alpha value is -1.22. The maximum absolute atomic E-state index is 12.6. The van der Waals surface area contributed by atoms with Crippen LogP contribution in [-0.4, -0.2) is 24.3 Å². The molecule has 0 aromatic rings. The van der Waals surface area contributed by atoms with E-state index in [1.54, 1.807) is 6.08 Å². The molecule has 0 unspecified atom stereocenters. The third-order valence-electron chi connectivity index (χ3n) is 7.79. The average Bonchev–Trinajstić information content (AvgIpc) is 2.89. The van der Waals surface area contributed by atoms with Gasteiger partial charge in [-0.3, -0.25) is 9.59 Å². The standard InChI is InChI=1S/C22H30O3/c1-4-11-25-19-13-15-16-5-6-20(24)22(16,3)10-8-17(15)21(2)9-7-14(23)12-18(19)21/h7,9,12,15-17,19H,4-6,8,10-11,13H2,1-3H3/t15-,16-,17-,19-,21+,22-/m0/s1. The predicted molar refractivity (Wildman–Crippen MR) is 97.0 cm³/mol. The van der Waals surface area contributed by atoms with E-state index in [0.29, 0.717) is 23.5 Å². The fraction of sp³-hybridized carbons (Fsp3) is 0.727. The predicted octanol–water partition coefficient (Wildman–Crippen LogP) is 4.27. The van der Waals surface area contributed by atoms with Gasteiger partial charge < -0.3 is 4.74 Å². The zero-order valence-corrected chi connectivity index (χ0v) is 15.7. The van der Waals surface area contributed by atoms with Gasteiger partial charge in [0, 0.05) is 23.9 Å². The highest BCUT2D eigenvalue weighted by molar-refractivity contribution is 6.01. The van der Waals surface area contributed by atoms with Crippen LogP contribution in [0.25, 0.3) is 0 Å². The van der Waals surface area contributed by atoms with Crippen molar-refractivity contribution in [2.75, 3.05) is 6.61 Å². The van der Waals surface area contributed by atoms with Gasteiger partial charge in [0.1, 0.15) is 5.78 Å². The monoisotopic (exact) mass is 342 g/mol. The molecule has 0 amide bonds. The Morgan fingerprint density at radius 1 is 1.20 bits per heavy atom. The summed E-state index contributed by atoms with van der Waals surface area (Å²) in [6.07, 6.45) is 11.6.